The molecule has 2 amide bonds. The second kappa shape index (κ2) is 7.16. The predicted molar refractivity (Wildman–Crippen MR) is 96.9 cm³/mol. The van der Waals surface area contributed by atoms with E-state index in [1.54, 1.807) is 0 Å². The van der Waals surface area contributed by atoms with Crippen LogP contribution in [-0.2, 0) is 19.6 Å². The second-order valence-electron chi connectivity index (χ2n) is 5.69. The summed E-state index contributed by atoms with van der Waals surface area (Å²) in [7, 11) is -2.75. The van der Waals surface area contributed by atoms with Gasteiger partial charge in [-0.2, -0.15) is 0 Å². The van der Waals surface area contributed by atoms with Gasteiger partial charge in [0.2, 0.25) is 11.8 Å². The van der Waals surface area contributed by atoms with Crippen molar-refractivity contribution in [1.82, 2.24) is 0 Å². The zero-order chi connectivity index (χ0) is 19.8. The van der Waals surface area contributed by atoms with Crippen LogP contribution in [0.1, 0.15) is 12.8 Å². The van der Waals surface area contributed by atoms with E-state index in [0.717, 1.165) is 17.0 Å². The molecule has 27 heavy (non-hydrogen) atoms. The lowest BCUT2D eigenvalue weighted by Crippen LogP contribution is -2.29. The normalized spacial score (nSPS) is 14.6. The third kappa shape index (κ3) is 3.74. The van der Waals surface area contributed by atoms with Crippen LogP contribution in [-0.4, -0.2) is 27.3 Å². The number of ether oxygens (including phenoxy) is 1. The number of nitrogens with one attached hydrogen (secondary N) is 1. The van der Waals surface area contributed by atoms with Crippen molar-refractivity contribution >= 4 is 44.8 Å². The Bertz CT molecular complexity index is 1030. The molecule has 10 heteroatoms. The van der Waals surface area contributed by atoms with Gasteiger partial charge in [-0.25, -0.2) is 17.7 Å². The standard InChI is InChI=1S/C17H14ClFN2O5S/c1-26-15-5-3-11(9-14(15)21-16(22)6-7-17(21)23)27(24,25)20-10-2-4-13(19)12(18)8-10/h2-5,8-9,20H,6-7H2,1H3. The first-order valence-corrected chi connectivity index (χ1v) is 9.61. The molecule has 0 radical (unpaired) electrons. The van der Waals surface area contributed by atoms with E-state index in [2.05, 4.69) is 4.72 Å². The molecule has 0 bridgehead atoms. The van der Waals surface area contributed by atoms with Gasteiger partial charge in [-0.05, 0) is 36.4 Å². The van der Waals surface area contributed by atoms with E-state index in [1.165, 1.54) is 31.4 Å². The highest BCUT2D eigenvalue weighted by atomic mass is 35.5. The highest BCUT2D eigenvalue weighted by Crippen LogP contribution is 2.34. The number of carbonyl (C=O) groups excluding carboxylic acids is 2. The Hall–Kier alpha value is -2.65. The highest BCUT2D eigenvalue weighted by molar-refractivity contribution is 7.92. The molecule has 7 nitrogen and oxygen atoms in total. The number of rotatable bonds is 5. The molecule has 1 N–H and O–H groups in total. The minimum absolute atomic E-state index is 0.0463. The maximum Gasteiger partial charge on any atom is 0.261 e. The van der Waals surface area contributed by atoms with Gasteiger partial charge in [-0.15, -0.1) is 0 Å². The third-order valence-corrected chi connectivity index (χ3v) is 5.59. The lowest BCUT2D eigenvalue weighted by atomic mass is 10.2. The Morgan fingerprint density at radius 2 is 1.78 bits per heavy atom. The lowest BCUT2D eigenvalue weighted by Gasteiger charge is -2.18. The molecule has 3 rings (SSSR count). The molecule has 0 aliphatic carbocycles. The summed E-state index contributed by atoms with van der Waals surface area (Å²) in [6.45, 7) is 0. The number of amides is 2. The number of nitrogens with zero attached hydrogens (tertiary/aromatic N) is 1. The molecule has 0 saturated carbocycles. The summed E-state index contributed by atoms with van der Waals surface area (Å²) >= 11 is 5.66. The Morgan fingerprint density at radius 3 is 2.37 bits per heavy atom. The first-order chi connectivity index (χ1) is 12.7. The number of sulfonamides is 1. The van der Waals surface area contributed by atoms with Crippen LogP contribution in [0.4, 0.5) is 15.8 Å². The van der Waals surface area contributed by atoms with Gasteiger partial charge in [0, 0.05) is 12.8 Å². The van der Waals surface area contributed by atoms with E-state index >= 15 is 0 Å². The van der Waals surface area contributed by atoms with Gasteiger partial charge in [0.1, 0.15) is 11.6 Å². The molecule has 2 aromatic rings. The van der Waals surface area contributed by atoms with Crippen molar-refractivity contribution in [2.24, 2.45) is 0 Å². The van der Waals surface area contributed by atoms with E-state index in [9.17, 15) is 22.4 Å². The van der Waals surface area contributed by atoms with Crippen molar-refractivity contribution in [2.45, 2.75) is 17.7 Å². The fourth-order valence-corrected chi connectivity index (χ4v) is 3.88. The molecular formula is C17H14ClFN2O5S. The van der Waals surface area contributed by atoms with Crippen LogP contribution in [0, 0.1) is 5.82 Å². The Kier molecular flexibility index (Phi) is 5.07. The number of hydrogen-bond acceptors (Lipinski definition) is 5. The van der Waals surface area contributed by atoms with Crippen LogP contribution >= 0.6 is 11.6 Å². The van der Waals surface area contributed by atoms with Gasteiger partial charge in [0.25, 0.3) is 10.0 Å². The van der Waals surface area contributed by atoms with E-state index < -0.39 is 27.7 Å². The number of halogens is 2. The molecule has 2 aromatic carbocycles. The Morgan fingerprint density at radius 1 is 1.11 bits per heavy atom. The van der Waals surface area contributed by atoms with Crippen molar-refractivity contribution in [3.63, 3.8) is 0 Å². The van der Waals surface area contributed by atoms with Crippen molar-refractivity contribution in [2.75, 3.05) is 16.7 Å². The van der Waals surface area contributed by atoms with Gasteiger partial charge >= 0.3 is 0 Å². The summed E-state index contributed by atoms with van der Waals surface area (Å²) in [4.78, 5) is 24.7. The summed E-state index contributed by atoms with van der Waals surface area (Å²) in [5.74, 6) is -1.38. The Labute approximate surface area is 159 Å². The molecule has 0 aromatic heterocycles. The zero-order valence-corrected chi connectivity index (χ0v) is 15.6. The molecule has 1 aliphatic heterocycles. The minimum atomic E-state index is -4.09. The first-order valence-electron chi connectivity index (χ1n) is 7.74. The van der Waals surface area contributed by atoms with Crippen molar-refractivity contribution in [3.8, 4) is 5.75 Å². The number of hydrogen-bond donors (Lipinski definition) is 1. The van der Waals surface area contributed by atoms with Crippen molar-refractivity contribution in [3.05, 3.63) is 47.2 Å². The molecule has 0 unspecified atom stereocenters. The van der Waals surface area contributed by atoms with Gasteiger partial charge in [-0.1, -0.05) is 11.6 Å². The fourth-order valence-electron chi connectivity index (χ4n) is 2.63. The molecule has 1 heterocycles. The highest BCUT2D eigenvalue weighted by Gasteiger charge is 2.33. The summed E-state index contributed by atoms with van der Waals surface area (Å²) < 4.78 is 46.0. The minimum Gasteiger partial charge on any atom is -0.495 e. The molecule has 1 fully saturated rings. The largest absolute Gasteiger partial charge is 0.495 e. The van der Waals surface area contributed by atoms with Gasteiger partial charge in [0.15, 0.2) is 0 Å². The van der Waals surface area contributed by atoms with Crippen LogP contribution in [0.5, 0.6) is 5.75 Å². The smallest absolute Gasteiger partial charge is 0.261 e. The molecule has 1 aliphatic rings. The van der Waals surface area contributed by atoms with Gasteiger partial charge in [0.05, 0.1) is 28.4 Å². The zero-order valence-electron chi connectivity index (χ0n) is 14.0. The quantitative estimate of drug-likeness (QED) is 0.762. The van der Waals surface area contributed by atoms with Crippen molar-refractivity contribution < 1.29 is 27.1 Å². The van der Waals surface area contributed by atoms with Crippen LogP contribution in [0.3, 0.4) is 0 Å². The van der Waals surface area contributed by atoms with Gasteiger partial charge < -0.3 is 4.74 Å². The molecule has 1 saturated heterocycles. The topological polar surface area (TPSA) is 92.8 Å². The molecule has 142 valence electrons. The summed E-state index contributed by atoms with van der Waals surface area (Å²) in [5.41, 5.74) is 0.108. The SMILES string of the molecule is COc1ccc(S(=O)(=O)Nc2ccc(F)c(Cl)c2)cc1N1C(=O)CCC1=O. The average Bonchev–Trinajstić information content (AvgIpc) is 2.95. The Balaban J connectivity index is 2.00. The van der Waals surface area contributed by atoms with Crippen LogP contribution in [0.15, 0.2) is 41.3 Å². The number of carbonyl (C=O) groups is 2. The second-order valence-corrected chi connectivity index (χ2v) is 7.78. The van der Waals surface area contributed by atoms with Crippen molar-refractivity contribution in [1.29, 1.82) is 0 Å². The number of benzene rings is 2. The van der Waals surface area contributed by atoms with Crippen LogP contribution in [0.25, 0.3) is 0 Å². The number of imide groups is 1. The third-order valence-electron chi connectivity index (χ3n) is 3.92. The molecule has 0 spiro atoms. The monoisotopic (exact) mass is 412 g/mol. The first kappa shape index (κ1) is 19.1. The van der Waals surface area contributed by atoms with E-state index in [-0.39, 0.29) is 39.9 Å². The summed E-state index contributed by atoms with van der Waals surface area (Å²) in [6, 6.07) is 7.17. The predicted octanol–water partition coefficient (Wildman–Crippen LogP) is 2.94. The lowest BCUT2D eigenvalue weighted by molar-refractivity contribution is -0.121. The van der Waals surface area contributed by atoms with Crippen LogP contribution in [0.2, 0.25) is 5.02 Å². The fraction of sp³-hybridized carbons (Fsp3) is 0.176. The molecular weight excluding hydrogens is 399 g/mol. The molecule has 0 atom stereocenters. The number of methoxy groups -OCH3 is 1. The van der Waals surface area contributed by atoms with E-state index in [1.807, 2.05) is 0 Å². The average molecular weight is 413 g/mol. The van der Waals surface area contributed by atoms with E-state index in [0.29, 0.717) is 0 Å². The number of anilines is 2. The maximum atomic E-state index is 13.2. The van der Waals surface area contributed by atoms with E-state index in [4.69, 9.17) is 16.3 Å². The summed E-state index contributed by atoms with van der Waals surface area (Å²) in [6.07, 6.45) is 0.0938. The van der Waals surface area contributed by atoms with Crippen LogP contribution < -0.4 is 14.4 Å². The van der Waals surface area contributed by atoms with Gasteiger partial charge in [-0.3, -0.25) is 14.3 Å². The summed E-state index contributed by atoms with van der Waals surface area (Å²) in [5, 5.41) is -0.237. The maximum absolute atomic E-state index is 13.2.